The molecule has 3 rings (SSSR count). The molecule has 0 unspecified atom stereocenters. The van der Waals surface area contributed by atoms with E-state index in [1.807, 2.05) is 0 Å². The van der Waals surface area contributed by atoms with Crippen LogP contribution in [0.3, 0.4) is 0 Å². The number of hydrogen-bond acceptors (Lipinski definition) is 4. The lowest BCUT2D eigenvalue weighted by atomic mass is 9.89. The van der Waals surface area contributed by atoms with Crippen LogP contribution >= 0.6 is 11.6 Å². The molecule has 2 heterocycles. The fraction of sp³-hybridized carbons (Fsp3) is 0.583. The third-order valence-electron chi connectivity index (χ3n) is 3.66. The van der Waals surface area contributed by atoms with Crippen molar-refractivity contribution in [3.63, 3.8) is 0 Å². The first-order valence-corrected chi connectivity index (χ1v) is 6.97. The summed E-state index contributed by atoms with van der Waals surface area (Å²) in [5.41, 5.74) is 0.307. The Kier molecular flexibility index (Phi) is 3.42. The van der Waals surface area contributed by atoms with Gasteiger partial charge < -0.3 is 5.32 Å². The summed E-state index contributed by atoms with van der Waals surface area (Å²) in [6.07, 6.45) is 5.99. The number of nitrogens with zero attached hydrogens (tertiary/aromatic N) is 3. The lowest BCUT2D eigenvalue weighted by molar-refractivity contribution is 0.377. The average molecular weight is 282 g/mol. The van der Waals surface area contributed by atoms with Crippen molar-refractivity contribution in [2.24, 2.45) is 5.92 Å². The molecule has 1 fully saturated rings. The van der Waals surface area contributed by atoms with Crippen molar-refractivity contribution in [3.05, 3.63) is 22.9 Å². The van der Waals surface area contributed by atoms with Crippen LogP contribution in [0.5, 0.6) is 0 Å². The molecule has 0 saturated heterocycles. The first-order chi connectivity index (χ1) is 9.22. The Hall–Kier alpha value is -1.56. The Labute approximate surface area is 115 Å². The predicted molar refractivity (Wildman–Crippen MR) is 73.7 cm³/mol. The molecule has 6 nitrogen and oxygen atoms in total. The van der Waals surface area contributed by atoms with Crippen LogP contribution in [-0.4, -0.2) is 31.5 Å². The molecule has 0 radical (unpaired) electrons. The van der Waals surface area contributed by atoms with Crippen molar-refractivity contribution < 1.29 is 0 Å². The third-order valence-corrected chi connectivity index (χ3v) is 4.09. The fourth-order valence-corrected chi connectivity index (χ4v) is 2.73. The number of aromatic nitrogens is 4. The molecule has 2 aromatic heterocycles. The summed E-state index contributed by atoms with van der Waals surface area (Å²) >= 11 is 6.09. The van der Waals surface area contributed by atoms with Gasteiger partial charge in [-0.15, -0.1) is 11.6 Å². The molecule has 0 bridgehead atoms. The summed E-state index contributed by atoms with van der Waals surface area (Å²) in [5.74, 6) is 1.40. The van der Waals surface area contributed by atoms with E-state index in [1.165, 1.54) is 10.7 Å². The lowest BCUT2D eigenvalue weighted by Gasteiger charge is -2.25. The van der Waals surface area contributed by atoms with Crippen LogP contribution in [0.1, 0.15) is 25.7 Å². The van der Waals surface area contributed by atoms with Crippen LogP contribution in [0.4, 0.5) is 5.82 Å². The number of fused-ring (bicyclic) bond motifs is 1. The molecule has 7 heteroatoms. The van der Waals surface area contributed by atoms with Gasteiger partial charge in [-0.25, -0.2) is 19.3 Å². The Morgan fingerprint density at radius 3 is 3.00 bits per heavy atom. The summed E-state index contributed by atoms with van der Waals surface area (Å²) < 4.78 is 1.38. The molecule has 0 atom stereocenters. The monoisotopic (exact) mass is 281 g/mol. The van der Waals surface area contributed by atoms with Crippen molar-refractivity contribution in [2.75, 3.05) is 11.9 Å². The quantitative estimate of drug-likeness (QED) is 0.839. The smallest absolute Gasteiger partial charge is 0.348 e. The number of nitrogens with one attached hydrogen (secondary N) is 2. The van der Waals surface area contributed by atoms with E-state index < -0.39 is 0 Å². The highest BCUT2D eigenvalue weighted by molar-refractivity contribution is 6.20. The Balaban J connectivity index is 1.63. The molecule has 0 aliphatic heterocycles. The molecule has 1 aliphatic rings. The van der Waals surface area contributed by atoms with Gasteiger partial charge in [0.15, 0.2) is 5.65 Å². The van der Waals surface area contributed by atoms with E-state index in [0.717, 1.165) is 38.0 Å². The molecule has 0 aromatic carbocycles. The second-order valence-electron chi connectivity index (χ2n) is 5.03. The molecule has 0 amide bonds. The van der Waals surface area contributed by atoms with Gasteiger partial charge in [0.05, 0.1) is 0 Å². The number of anilines is 1. The second kappa shape index (κ2) is 5.21. The van der Waals surface area contributed by atoms with Gasteiger partial charge >= 0.3 is 5.69 Å². The van der Waals surface area contributed by atoms with Crippen LogP contribution < -0.4 is 11.0 Å². The van der Waals surface area contributed by atoms with Gasteiger partial charge in [-0.1, -0.05) is 0 Å². The van der Waals surface area contributed by atoms with E-state index in [-0.39, 0.29) is 5.69 Å². The van der Waals surface area contributed by atoms with Gasteiger partial charge in [-0.05, 0) is 31.6 Å². The lowest BCUT2D eigenvalue weighted by Crippen LogP contribution is -2.21. The normalized spacial score (nSPS) is 23.6. The van der Waals surface area contributed by atoms with Gasteiger partial charge in [0.1, 0.15) is 12.1 Å². The Morgan fingerprint density at radius 2 is 2.21 bits per heavy atom. The molecule has 2 N–H and O–H groups in total. The SMILES string of the molecule is O=c1[nH]nc2cc(NCC3CCC(Cl)CC3)ncn12. The van der Waals surface area contributed by atoms with Crippen molar-refractivity contribution >= 4 is 23.1 Å². The average Bonchev–Trinajstić information content (AvgIpc) is 2.79. The van der Waals surface area contributed by atoms with Gasteiger partial charge in [0.25, 0.3) is 0 Å². The van der Waals surface area contributed by atoms with Gasteiger partial charge in [0.2, 0.25) is 0 Å². The molecule has 2 aromatic rings. The minimum absolute atomic E-state index is 0.269. The van der Waals surface area contributed by atoms with Gasteiger partial charge in [-0.2, -0.15) is 5.10 Å². The Bertz CT molecular complexity index is 614. The highest BCUT2D eigenvalue weighted by Gasteiger charge is 2.19. The molecular formula is C12H16ClN5O. The number of alkyl halides is 1. The van der Waals surface area contributed by atoms with Crippen molar-refractivity contribution in [2.45, 2.75) is 31.1 Å². The first kappa shape index (κ1) is 12.5. The van der Waals surface area contributed by atoms with E-state index in [4.69, 9.17) is 11.6 Å². The third kappa shape index (κ3) is 2.73. The number of H-pyrrole nitrogens is 1. The molecule has 1 saturated carbocycles. The zero-order valence-electron chi connectivity index (χ0n) is 10.5. The number of aromatic amines is 1. The zero-order valence-corrected chi connectivity index (χ0v) is 11.2. The summed E-state index contributed by atoms with van der Waals surface area (Å²) in [6, 6.07) is 1.77. The molecular weight excluding hydrogens is 266 g/mol. The summed E-state index contributed by atoms with van der Waals surface area (Å²) in [6.45, 7) is 0.890. The van der Waals surface area contributed by atoms with E-state index in [2.05, 4.69) is 20.5 Å². The second-order valence-corrected chi connectivity index (χ2v) is 5.65. The standard InChI is InChI=1S/C12H16ClN5O/c13-9-3-1-8(2-4-9)6-14-10-5-11-16-17-12(19)18(11)7-15-10/h5,7-9,14H,1-4,6H2,(H,17,19). The van der Waals surface area contributed by atoms with Crippen molar-refractivity contribution in [3.8, 4) is 0 Å². The summed E-state index contributed by atoms with van der Waals surface area (Å²) in [7, 11) is 0. The fourth-order valence-electron chi connectivity index (χ4n) is 2.48. The highest BCUT2D eigenvalue weighted by atomic mass is 35.5. The van der Waals surface area contributed by atoms with Crippen molar-refractivity contribution in [1.29, 1.82) is 0 Å². The van der Waals surface area contributed by atoms with Crippen molar-refractivity contribution in [1.82, 2.24) is 19.6 Å². The maximum atomic E-state index is 11.3. The predicted octanol–water partition coefficient (Wildman–Crippen LogP) is 1.63. The van der Waals surface area contributed by atoms with E-state index in [1.54, 1.807) is 6.07 Å². The van der Waals surface area contributed by atoms with E-state index in [0.29, 0.717) is 16.9 Å². The van der Waals surface area contributed by atoms with Crippen LogP contribution in [0.15, 0.2) is 17.2 Å². The van der Waals surface area contributed by atoms with E-state index >= 15 is 0 Å². The minimum Gasteiger partial charge on any atom is -0.370 e. The largest absolute Gasteiger partial charge is 0.370 e. The molecule has 102 valence electrons. The minimum atomic E-state index is -0.269. The van der Waals surface area contributed by atoms with E-state index in [9.17, 15) is 4.79 Å². The van der Waals surface area contributed by atoms with Crippen LogP contribution in [0.25, 0.3) is 5.65 Å². The number of rotatable bonds is 3. The topological polar surface area (TPSA) is 75.1 Å². The summed E-state index contributed by atoms with van der Waals surface area (Å²) in [5, 5.41) is 9.96. The molecule has 0 spiro atoms. The van der Waals surface area contributed by atoms with Gasteiger partial charge in [0, 0.05) is 18.0 Å². The molecule has 19 heavy (non-hydrogen) atoms. The van der Waals surface area contributed by atoms with Crippen LogP contribution in [0, 0.1) is 5.92 Å². The number of hydrogen-bond donors (Lipinski definition) is 2. The molecule has 1 aliphatic carbocycles. The summed E-state index contributed by atoms with van der Waals surface area (Å²) in [4.78, 5) is 15.5. The zero-order chi connectivity index (χ0) is 13.2. The maximum Gasteiger partial charge on any atom is 0.348 e. The highest BCUT2D eigenvalue weighted by Crippen LogP contribution is 2.27. The maximum absolute atomic E-state index is 11.3. The number of halogens is 1. The van der Waals surface area contributed by atoms with Crippen LogP contribution in [-0.2, 0) is 0 Å². The van der Waals surface area contributed by atoms with Gasteiger partial charge in [-0.3, -0.25) is 0 Å². The first-order valence-electron chi connectivity index (χ1n) is 6.53. The van der Waals surface area contributed by atoms with Crippen LogP contribution in [0.2, 0.25) is 0 Å². The Morgan fingerprint density at radius 1 is 1.42 bits per heavy atom.